The van der Waals surface area contributed by atoms with Crippen LogP contribution in [0.15, 0.2) is 47.1 Å². The maximum Gasteiger partial charge on any atom is 0.341 e. The number of carbonyl (C=O) groups is 4. The van der Waals surface area contributed by atoms with Crippen LogP contribution >= 0.6 is 0 Å². The predicted molar refractivity (Wildman–Crippen MR) is 112 cm³/mol. The van der Waals surface area contributed by atoms with Crippen LogP contribution in [0.5, 0.6) is 0 Å². The van der Waals surface area contributed by atoms with Gasteiger partial charge in [-0.1, -0.05) is 18.2 Å². The molecule has 0 saturated heterocycles. The van der Waals surface area contributed by atoms with Crippen molar-refractivity contribution in [3.8, 4) is 0 Å². The summed E-state index contributed by atoms with van der Waals surface area (Å²) in [6.45, 7) is 3.10. The third kappa shape index (κ3) is 2.99. The van der Waals surface area contributed by atoms with Crippen molar-refractivity contribution in [1.82, 2.24) is 0 Å². The second-order valence-electron chi connectivity index (χ2n) is 7.60. The molecule has 0 aromatic heterocycles. The molecule has 9 nitrogen and oxygen atoms in total. The van der Waals surface area contributed by atoms with Crippen LogP contribution in [0, 0.1) is 0 Å². The Morgan fingerprint density at radius 1 is 1.12 bits per heavy atom. The van der Waals surface area contributed by atoms with Gasteiger partial charge in [0.25, 0.3) is 0 Å². The number of hydrogen-bond acceptors (Lipinski definition) is 8. The van der Waals surface area contributed by atoms with E-state index in [1.807, 2.05) is 0 Å². The van der Waals surface area contributed by atoms with Crippen LogP contribution in [0.25, 0.3) is 0 Å². The zero-order valence-electron chi connectivity index (χ0n) is 17.9. The smallest absolute Gasteiger partial charge is 0.341 e. The highest BCUT2D eigenvalue weighted by Crippen LogP contribution is 2.56. The van der Waals surface area contributed by atoms with E-state index < -0.39 is 23.3 Å². The molecule has 9 heteroatoms. The third-order valence-electron chi connectivity index (χ3n) is 5.83. The van der Waals surface area contributed by atoms with Crippen molar-refractivity contribution in [1.29, 1.82) is 0 Å². The van der Waals surface area contributed by atoms with E-state index in [1.54, 1.807) is 38.1 Å². The lowest BCUT2D eigenvalue weighted by Crippen LogP contribution is -2.52. The van der Waals surface area contributed by atoms with E-state index >= 15 is 0 Å². The molecular weight excluding hydrogens is 416 g/mol. The Morgan fingerprint density at radius 3 is 2.56 bits per heavy atom. The summed E-state index contributed by atoms with van der Waals surface area (Å²) in [6, 6.07) is 6.72. The number of amides is 1. The monoisotopic (exact) mass is 440 g/mol. The van der Waals surface area contributed by atoms with E-state index in [4.69, 9.17) is 19.9 Å². The zero-order valence-corrected chi connectivity index (χ0v) is 17.9. The maximum absolute atomic E-state index is 14.1. The molecule has 0 radical (unpaired) electrons. The quantitative estimate of drug-likeness (QED) is 0.685. The lowest BCUT2D eigenvalue weighted by molar-refractivity contribution is -0.142. The summed E-state index contributed by atoms with van der Waals surface area (Å²) in [5.74, 6) is -2.41. The number of benzene rings is 1. The Labute approximate surface area is 184 Å². The van der Waals surface area contributed by atoms with E-state index in [9.17, 15) is 19.2 Å². The molecule has 1 aromatic rings. The van der Waals surface area contributed by atoms with Gasteiger partial charge in [-0.05, 0) is 26.3 Å². The van der Waals surface area contributed by atoms with Gasteiger partial charge in [0.1, 0.15) is 23.3 Å². The molecule has 2 heterocycles. The average Bonchev–Trinajstić information content (AvgIpc) is 2.98. The predicted octanol–water partition coefficient (Wildman–Crippen LogP) is 1.60. The molecule has 0 bridgehead atoms. The number of nitrogens with two attached hydrogens (primary N) is 1. The van der Waals surface area contributed by atoms with E-state index in [2.05, 4.69) is 0 Å². The third-order valence-corrected chi connectivity index (χ3v) is 5.83. The lowest BCUT2D eigenvalue weighted by Gasteiger charge is -2.38. The van der Waals surface area contributed by atoms with Crippen molar-refractivity contribution in [2.75, 3.05) is 24.7 Å². The Bertz CT molecular complexity index is 1090. The van der Waals surface area contributed by atoms with Crippen LogP contribution in [-0.4, -0.2) is 43.4 Å². The fourth-order valence-corrected chi connectivity index (χ4v) is 4.71. The first-order valence-electron chi connectivity index (χ1n) is 10.6. The number of Topliss-reactive ketones (excluding diaryl/α,β-unsaturated/α-hetero) is 1. The summed E-state index contributed by atoms with van der Waals surface area (Å²) < 4.78 is 16.0. The van der Waals surface area contributed by atoms with Crippen molar-refractivity contribution in [3.63, 3.8) is 0 Å². The van der Waals surface area contributed by atoms with Gasteiger partial charge in [-0.2, -0.15) is 0 Å². The molecule has 32 heavy (non-hydrogen) atoms. The number of fused-ring (bicyclic) bond motifs is 3. The molecule has 4 rings (SSSR count). The van der Waals surface area contributed by atoms with Gasteiger partial charge in [0, 0.05) is 24.1 Å². The van der Waals surface area contributed by atoms with Crippen molar-refractivity contribution in [2.45, 2.75) is 38.5 Å². The van der Waals surface area contributed by atoms with E-state index in [1.165, 1.54) is 4.90 Å². The highest BCUT2D eigenvalue weighted by molar-refractivity contribution is 6.24. The number of carbonyl (C=O) groups excluding carboxylic acids is 4. The number of ether oxygens (including phenoxy) is 3. The minimum absolute atomic E-state index is 0.0356. The standard InChI is InChI=1S/C23H24N2O7/c1-3-30-17(27)12-25-14-9-6-5-8-13(14)23(22(25)29)18-15(26)10-7-11-16(18)32-20(24)19(23)21(28)31-4-2/h5-6,8-9H,3-4,7,10-12,24H2,1-2H3. The molecule has 1 aromatic carbocycles. The number of nitrogens with zero attached hydrogens (tertiary/aromatic N) is 1. The summed E-state index contributed by atoms with van der Waals surface area (Å²) in [5, 5.41) is 0. The summed E-state index contributed by atoms with van der Waals surface area (Å²) in [5.41, 5.74) is 4.96. The number of hydrogen-bond donors (Lipinski definition) is 1. The van der Waals surface area contributed by atoms with Gasteiger partial charge in [0.2, 0.25) is 11.8 Å². The zero-order chi connectivity index (χ0) is 23.0. The molecule has 2 aliphatic heterocycles. The van der Waals surface area contributed by atoms with Crippen LogP contribution < -0.4 is 10.6 Å². The molecule has 1 amide bonds. The molecular formula is C23H24N2O7. The van der Waals surface area contributed by atoms with Crippen molar-refractivity contribution in [2.24, 2.45) is 5.73 Å². The Morgan fingerprint density at radius 2 is 1.84 bits per heavy atom. The average molecular weight is 440 g/mol. The second kappa shape index (κ2) is 8.14. The summed E-state index contributed by atoms with van der Waals surface area (Å²) in [4.78, 5) is 54.0. The van der Waals surface area contributed by atoms with Gasteiger partial charge in [0.05, 0.1) is 18.8 Å². The van der Waals surface area contributed by atoms with Crippen LogP contribution in [0.2, 0.25) is 0 Å². The van der Waals surface area contributed by atoms with Crippen LogP contribution in [0.1, 0.15) is 38.7 Å². The van der Waals surface area contributed by atoms with Crippen LogP contribution in [0.3, 0.4) is 0 Å². The van der Waals surface area contributed by atoms with Crippen molar-refractivity contribution >= 4 is 29.3 Å². The van der Waals surface area contributed by atoms with Gasteiger partial charge in [-0.25, -0.2) is 4.79 Å². The highest BCUT2D eigenvalue weighted by atomic mass is 16.5. The minimum atomic E-state index is -1.84. The maximum atomic E-state index is 14.1. The van der Waals surface area contributed by atoms with Gasteiger partial charge in [-0.15, -0.1) is 0 Å². The van der Waals surface area contributed by atoms with Crippen LogP contribution in [0.4, 0.5) is 5.69 Å². The first-order chi connectivity index (χ1) is 15.4. The molecule has 3 aliphatic rings. The molecule has 1 atom stereocenters. The molecule has 0 saturated carbocycles. The largest absolute Gasteiger partial charge is 0.465 e. The van der Waals surface area contributed by atoms with E-state index in [-0.39, 0.29) is 54.8 Å². The van der Waals surface area contributed by atoms with Gasteiger partial charge < -0.3 is 19.9 Å². The SMILES string of the molecule is CCOC(=O)CN1C(=O)C2(C(C(=O)OCC)=C(N)OC3=C2C(=O)CCC3)c2ccccc21. The number of para-hydroxylation sites is 1. The minimum Gasteiger partial charge on any atom is -0.465 e. The highest BCUT2D eigenvalue weighted by Gasteiger charge is 2.64. The van der Waals surface area contributed by atoms with Gasteiger partial charge in [-0.3, -0.25) is 19.3 Å². The molecule has 2 N–H and O–H groups in total. The summed E-state index contributed by atoms with van der Waals surface area (Å²) in [7, 11) is 0. The number of rotatable bonds is 5. The fourth-order valence-electron chi connectivity index (χ4n) is 4.71. The van der Waals surface area contributed by atoms with E-state index in [0.29, 0.717) is 24.1 Å². The molecule has 1 unspecified atom stereocenters. The van der Waals surface area contributed by atoms with Gasteiger partial charge in [0.15, 0.2) is 5.78 Å². The summed E-state index contributed by atoms with van der Waals surface area (Å²) in [6.07, 6.45) is 1.14. The first kappa shape index (κ1) is 21.6. The van der Waals surface area contributed by atoms with Crippen molar-refractivity contribution in [3.05, 3.63) is 52.6 Å². The first-order valence-corrected chi connectivity index (χ1v) is 10.6. The Kier molecular flexibility index (Phi) is 5.50. The molecule has 168 valence electrons. The number of esters is 2. The Hall–Kier alpha value is -3.62. The number of anilines is 1. The molecule has 0 fully saturated rings. The second-order valence-corrected chi connectivity index (χ2v) is 7.60. The van der Waals surface area contributed by atoms with Gasteiger partial charge >= 0.3 is 11.9 Å². The lowest BCUT2D eigenvalue weighted by atomic mass is 9.64. The normalized spacial score (nSPS) is 22.0. The number of ketones is 1. The number of allylic oxidation sites excluding steroid dienone is 1. The van der Waals surface area contributed by atoms with Crippen LogP contribution in [-0.2, 0) is 38.8 Å². The summed E-state index contributed by atoms with van der Waals surface area (Å²) >= 11 is 0. The molecule has 1 spiro atoms. The fraction of sp³-hybridized carbons (Fsp3) is 0.391. The topological polar surface area (TPSA) is 125 Å². The molecule has 1 aliphatic carbocycles. The van der Waals surface area contributed by atoms with E-state index in [0.717, 1.165) is 0 Å². The van der Waals surface area contributed by atoms with Crippen molar-refractivity contribution < 1.29 is 33.4 Å². The Balaban J connectivity index is 2.01.